The number of methoxy groups -OCH3 is 1. The Morgan fingerprint density at radius 2 is 2.00 bits per heavy atom. The highest BCUT2D eigenvalue weighted by Crippen LogP contribution is 2.31. The third-order valence-corrected chi connectivity index (χ3v) is 3.48. The summed E-state index contributed by atoms with van der Waals surface area (Å²) in [6, 6.07) is 2.11. The summed E-state index contributed by atoms with van der Waals surface area (Å²) in [5.41, 5.74) is -0.433. The van der Waals surface area contributed by atoms with E-state index in [9.17, 15) is 19.7 Å². The van der Waals surface area contributed by atoms with E-state index in [0.29, 0.717) is 0 Å². The predicted octanol–water partition coefficient (Wildman–Crippen LogP) is 2.54. The fraction of sp³-hybridized carbons (Fsp3) is 0.333. The topological polar surface area (TPSA) is 89.8 Å². The zero-order chi connectivity index (χ0) is 16.2. The van der Waals surface area contributed by atoms with Gasteiger partial charge in [0, 0.05) is 25.7 Å². The van der Waals surface area contributed by atoms with Gasteiger partial charge in [0.25, 0.3) is 11.6 Å². The minimum absolute atomic E-state index is 0.000974. The number of nitro benzene ring substituents is 1. The van der Waals surface area contributed by atoms with Crippen molar-refractivity contribution in [3.8, 4) is 0 Å². The van der Waals surface area contributed by atoms with E-state index in [4.69, 9.17) is 23.2 Å². The molecule has 1 aromatic rings. The monoisotopic (exact) mass is 334 g/mol. The first-order valence-corrected chi connectivity index (χ1v) is 6.49. The Hall–Kier alpha value is -1.86. The van der Waals surface area contributed by atoms with Crippen molar-refractivity contribution in [1.29, 1.82) is 0 Å². The summed E-state index contributed by atoms with van der Waals surface area (Å²) in [4.78, 5) is 34.6. The van der Waals surface area contributed by atoms with Crippen molar-refractivity contribution < 1.29 is 19.2 Å². The minimum atomic E-state index is -0.673. The van der Waals surface area contributed by atoms with Crippen LogP contribution in [0, 0.1) is 10.1 Å². The maximum atomic E-state index is 12.2. The Morgan fingerprint density at radius 3 is 2.52 bits per heavy atom. The molecular formula is C12H12Cl2N2O5. The van der Waals surface area contributed by atoms with Crippen molar-refractivity contribution in [2.24, 2.45) is 0 Å². The molecule has 1 rings (SSSR count). The first-order valence-electron chi connectivity index (χ1n) is 5.73. The van der Waals surface area contributed by atoms with Gasteiger partial charge in [0.15, 0.2) is 0 Å². The smallest absolute Gasteiger partial charge is 0.307 e. The van der Waals surface area contributed by atoms with E-state index in [0.717, 1.165) is 12.1 Å². The van der Waals surface area contributed by atoms with E-state index in [1.54, 1.807) is 0 Å². The van der Waals surface area contributed by atoms with Crippen molar-refractivity contribution in [3.63, 3.8) is 0 Å². The number of rotatable bonds is 5. The number of amides is 1. The van der Waals surface area contributed by atoms with E-state index in [1.807, 2.05) is 0 Å². The zero-order valence-corrected chi connectivity index (χ0v) is 12.8. The Morgan fingerprint density at radius 1 is 1.38 bits per heavy atom. The number of carbonyl (C=O) groups excluding carboxylic acids is 2. The molecule has 114 valence electrons. The summed E-state index contributed by atoms with van der Waals surface area (Å²) in [5.74, 6) is -1.05. The first kappa shape index (κ1) is 17.2. The Balaban J connectivity index is 3.01. The van der Waals surface area contributed by atoms with Crippen LogP contribution in [0.15, 0.2) is 12.1 Å². The SMILES string of the molecule is COC(=O)CCN(C)C(=O)c1cc([N+](=O)[O-])cc(Cl)c1Cl. The summed E-state index contributed by atoms with van der Waals surface area (Å²) >= 11 is 11.7. The van der Waals surface area contributed by atoms with Crippen LogP contribution in [0.4, 0.5) is 5.69 Å². The van der Waals surface area contributed by atoms with Gasteiger partial charge in [-0.15, -0.1) is 0 Å². The molecule has 0 N–H and O–H groups in total. The van der Waals surface area contributed by atoms with Gasteiger partial charge in [0.05, 0.1) is 34.1 Å². The highest BCUT2D eigenvalue weighted by Gasteiger charge is 2.22. The van der Waals surface area contributed by atoms with E-state index < -0.39 is 16.8 Å². The lowest BCUT2D eigenvalue weighted by molar-refractivity contribution is -0.384. The zero-order valence-electron chi connectivity index (χ0n) is 11.3. The van der Waals surface area contributed by atoms with Crippen LogP contribution in [0.1, 0.15) is 16.8 Å². The largest absolute Gasteiger partial charge is 0.469 e. The minimum Gasteiger partial charge on any atom is -0.469 e. The lowest BCUT2D eigenvalue weighted by Crippen LogP contribution is -2.29. The molecule has 0 aliphatic carbocycles. The third kappa shape index (κ3) is 4.30. The molecule has 0 bridgehead atoms. The Kier molecular flexibility index (Phi) is 5.92. The Labute approximate surface area is 130 Å². The van der Waals surface area contributed by atoms with Crippen LogP contribution in [-0.2, 0) is 9.53 Å². The fourth-order valence-electron chi connectivity index (χ4n) is 1.50. The summed E-state index contributed by atoms with van der Waals surface area (Å²) in [5, 5.41) is 10.6. The number of nitro groups is 1. The van der Waals surface area contributed by atoms with Crippen LogP contribution in [-0.4, -0.2) is 42.4 Å². The Bertz CT molecular complexity index is 591. The van der Waals surface area contributed by atoms with Crippen molar-refractivity contribution >= 4 is 40.8 Å². The van der Waals surface area contributed by atoms with Gasteiger partial charge < -0.3 is 9.64 Å². The summed E-state index contributed by atoms with van der Waals surface area (Å²) in [6.45, 7) is 0.0855. The van der Waals surface area contributed by atoms with E-state index in [2.05, 4.69) is 4.74 Å². The maximum absolute atomic E-state index is 12.2. The summed E-state index contributed by atoms with van der Waals surface area (Å²) in [7, 11) is 2.68. The van der Waals surface area contributed by atoms with Crippen LogP contribution in [0.2, 0.25) is 10.0 Å². The van der Waals surface area contributed by atoms with Crippen molar-refractivity contribution in [1.82, 2.24) is 4.90 Å². The predicted molar refractivity (Wildman–Crippen MR) is 76.7 cm³/mol. The number of carbonyl (C=O) groups is 2. The molecular weight excluding hydrogens is 323 g/mol. The van der Waals surface area contributed by atoms with Crippen LogP contribution in [0.3, 0.4) is 0 Å². The van der Waals surface area contributed by atoms with Crippen molar-refractivity contribution in [2.75, 3.05) is 20.7 Å². The molecule has 0 spiro atoms. The normalized spacial score (nSPS) is 10.1. The van der Waals surface area contributed by atoms with Gasteiger partial charge in [-0.2, -0.15) is 0 Å². The molecule has 21 heavy (non-hydrogen) atoms. The molecule has 7 nitrogen and oxygen atoms in total. The molecule has 0 radical (unpaired) electrons. The molecule has 0 aliphatic heterocycles. The highest BCUT2D eigenvalue weighted by atomic mass is 35.5. The number of hydrogen-bond donors (Lipinski definition) is 0. The lowest BCUT2D eigenvalue weighted by Gasteiger charge is -2.17. The number of non-ortho nitro benzene ring substituents is 1. The van der Waals surface area contributed by atoms with Crippen molar-refractivity contribution in [2.45, 2.75) is 6.42 Å². The number of hydrogen-bond acceptors (Lipinski definition) is 5. The van der Waals surface area contributed by atoms with Gasteiger partial charge >= 0.3 is 5.97 Å². The molecule has 0 atom stereocenters. The van der Waals surface area contributed by atoms with Crippen LogP contribution >= 0.6 is 23.2 Å². The third-order valence-electron chi connectivity index (χ3n) is 2.68. The summed E-state index contributed by atoms with van der Waals surface area (Å²) in [6.07, 6.45) is -0.000974. The molecule has 0 fully saturated rings. The van der Waals surface area contributed by atoms with E-state index >= 15 is 0 Å². The number of nitrogens with zero attached hydrogens (tertiary/aromatic N) is 2. The number of esters is 1. The molecule has 0 aliphatic rings. The number of ether oxygens (including phenoxy) is 1. The molecule has 0 saturated carbocycles. The van der Waals surface area contributed by atoms with E-state index in [1.165, 1.54) is 19.1 Å². The highest BCUT2D eigenvalue weighted by molar-refractivity contribution is 6.44. The van der Waals surface area contributed by atoms with Gasteiger partial charge in [-0.3, -0.25) is 19.7 Å². The molecule has 1 aromatic carbocycles. The molecule has 0 aromatic heterocycles. The first-order chi connectivity index (χ1) is 9.77. The van der Waals surface area contributed by atoms with Gasteiger partial charge in [0.2, 0.25) is 0 Å². The van der Waals surface area contributed by atoms with Crippen LogP contribution < -0.4 is 0 Å². The molecule has 0 saturated heterocycles. The average molecular weight is 335 g/mol. The molecule has 0 unspecified atom stereocenters. The van der Waals surface area contributed by atoms with Crippen LogP contribution in [0.25, 0.3) is 0 Å². The standard InChI is InChI=1S/C12H12Cl2N2O5/c1-15(4-3-10(17)21-2)12(18)8-5-7(16(19)20)6-9(13)11(8)14/h5-6H,3-4H2,1-2H3. The van der Waals surface area contributed by atoms with Gasteiger partial charge in [-0.25, -0.2) is 0 Å². The average Bonchev–Trinajstić information content (AvgIpc) is 2.45. The van der Waals surface area contributed by atoms with Crippen molar-refractivity contribution in [3.05, 3.63) is 37.9 Å². The lowest BCUT2D eigenvalue weighted by atomic mass is 10.1. The number of benzene rings is 1. The second-order valence-corrected chi connectivity index (χ2v) is 4.88. The van der Waals surface area contributed by atoms with E-state index in [-0.39, 0.29) is 34.3 Å². The fourth-order valence-corrected chi connectivity index (χ4v) is 1.91. The second kappa shape index (κ2) is 7.24. The van der Waals surface area contributed by atoms with Crippen LogP contribution in [0.5, 0.6) is 0 Å². The molecule has 1 amide bonds. The number of halogens is 2. The molecule has 0 heterocycles. The maximum Gasteiger partial charge on any atom is 0.307 e. The molecule has 9 heteroatoms. The van der Waals surface area contributed by atoms with Gasteiger partial charge in [0.1, 0.15) is 0 Å². The quantitative estimate of drug-likeness (QED) is 0.469. The van der Waals surface area contributed by atoms with Gasteiger partial charge in [-0.05, 0) is 0 Å². The summed E-state index contributed by atoms with van der Waals surface area (Å²) < 4.78 is 4.47. The van der Waals surface area contributed by atoms with Gasteiger partial charge in [-0.1, -0.05) is 23.2 Å². The second-order valence-electron chi connectivity index (χ2n) is 4.10.